The summed E-state index contributed by atoms with van der Waals surface area (Å²) in [5.41, 5.74) is 0.328. The van der Waals surface area contributed by atoms with Crippen LogP contribution in [0.25, 0.3) is 0 Å². The molecule has 2 nitrogen and oxygen atoms in total. The van der Waals surface area contributed by atoms with Crippen LogP contribution >= 0.6 is 0 Å². The van der Waals surface area contributed by atoms with E-state index in [0.29, 0.717) is 17.9 Å². The highest BCUT2D eigenvalue weighted by atomic mass is 16.5. The first kappa shape index (κ1) is 12.5. The van der Waals surface area contributed by atoms with Crippen LogP contribution in [-0.2, 0) is 9.53 Å². The Bertz CT molecular complexity index is 221. The zero-order valence-corrected chi connectivity index (χ0v) is 10.5. The van der Waals surface area contributed by atoms with Crippen LogP contribution in [0, 0.1) is 17.3 Å². The van der Waals surface area contributed by atoms with Crippen molar-refractivity contribution in [2.24, 2.45) is 17.3 Å². The van der Waals surface area contributed by atoms with Gasteiger partial charge in [-0.2, -0.15) is 0 Å². The Labute approximate surface area is 93.4 Å². The summed E-state index contributed by atoms with van der Waals surface area (Å²) in [7, 11) is 0. The minimum atomic E-state index is -0.147. The van der Waals surface area contributed by atoms with Crippen molar-refractivity contribution < 1.29 is 9.53 Å². The minimum Gasteiger partial charge on any atom is -0.466 e. The van der Waals surface area contributed by atoms with E-state index < -0.39 is 0 Å². The quantitative estimate of drug-likeness (QED) is 0.670. The van der Waals surface area contributed by atoms with Crippen molar-refractivity contribution in [1.82, 2.24) is 0 Å². The highest BCUT2D eigenvalue weighted by Gasteiger charge is 2.38. The van der Waals surface area contributed by atoms with Crippen molar-refractivity contribution in [2.75, 3.05) is 6.61 Å². The summed E-state index contributed by atoms with van der Waals surface area (Å²) in [6.45, 7) is 8.97. The molecule has 0 N–H and O–H groups in total. The maximum absolute atomic E-state index is 10.9. The van der Waals surface area contributed by atoms with Gasteiger partial charge in [-0.15, -0.1) is 0 Å². The minimum absolute atomic E-state index is 0.147. The Morgan fingerprint density at radius 2 is 2.13 bits per heavy atom. The van der Waals surface area contributed by atoms with E-state index in [0.717, 1.165) is 5.92 Å². The number of carbonyl (C=O) groups is 1. The SMILES string of the molecule is CCC1CCCC(C)(C)C1COC(C)=O. The molecule has 0 spiro atoms. The molecule has 2 unspecified atom stereocenters. The number of hydrogen-bond donors (Lipinski definition) is 0. The van der Waals surface area contributed by atoms with Crippen LogP contribution in [0.1, 0.15) is 53.4 Å². The molecule has 2 atom stereocenters. The van der Waals surface area contributed by atoms with Crippen molar-refractivity contribution >= 4 is 5.97 Å². The molecule has 0 aromatic rings. The van der Waals surface area contributed by atoms with Gasteiger partial charge < -0.3 is 4.74 Å². The zero-order chi connectivity index (χ0) is 11.5. The molecule has 0 aromatic heterocycles. The van der Waals surface area contributed by atoms with Crippen LogP contribution < -0.4 is 0 Å². The highest BCUT2D eigenvalue weighted by Crippen LogP contribution is 2.45. The number of ether oxygens (including phenoxy) is 1. The van der Waals surface area contributed by atoms with Crippen molar-refractivity contribution in [3.63, 3.8) is 0 Å². The Morgan fingerprint density at radius 1 is 1.47 bits per heavy atom. The lowest BCUT2D eigenvalue weighted by molar-refractivity contribution is -0.145. The maximum Gasteiger partial charge on any atom is 0.302 e. The average molecular weight is 212 g/mol. The molecule has 2 heteroatoms. The van der Waals surface area contributed by atoms with Crippen LogP contribution in [0.15, 0.2) is 0 Å². The molecule has 1 fully saturated rings. The van der Waals surface area contributed by atoms with Gasteiger partial charge >= 0.3 is 5.97 Å². The molecule has 0 amide bonds. The van der Waals surface area contributed by atoms with Gasteiger partial charge in [0.1, 0.15) is 0 Å². The molecule has 0 saturated heterocycles. The van der Waals surface area contributed by atoms with E-state index in [2.05, 4.69) is 20.8 Å². The summed E-state index contributed by atoms with van der Waals surface area (Å²) in [5.74, 6) is 1.12. The summed E-state index contributed by atoms with van der Waals surface area (Å²) < 4.78 is 5.21. The van der Waals surface area contributed by atoms with Gasteiger partial charge in [0.25, 0.3) is 0 Å². The molecule has 0 aliphatic heterocycles. The topological polar surface area (TPSA) is 26.3 Å². The van der Waals surface area contributed by atoms with E-state index in [1.54, 1.807) is 0 Å². The second kappa shape index (κ2) is 5.00. The normalized spacial score (nSPS) is 29.9. The Balaban J connectivity index is 2.63. The fourth-order valence-electron chi connectivity index (χ4n) is 2.90. The van der Waals surface area contributed by atoms with E-state index in [1.165, 1.54) is 32.6 Å². The molecule has 1 saturated carbocycles. The second-order valence-electron chi connectivity index (χ2n) is 5.46. The van der Waals surface area contributed by atoms with E-state index in [-0.39, 0.29) is 5.97 Å². The standard InChI is InChI=1S/C13H24O2/c1-5-11-7-6-8-13(3,4)12(11)9-15-10(2)14/h11-12H,5-9H2,1-4H3. The van der Waals surface area contributed by atoms with Gasteiger partial charge in [-0.1, -0.05) is 40.0 Å². The van der Waals surface area contributed by atoms with Gasteiger partial charge in [-0.05, 0) is 17.8 Å². The van der Waals surface area contributed by atoms with Crippen molar-refractivity contribution in [1.29, 1.82) is 0 Å². The van der Waals surface area contributed by atoms with Crippen molar-refractivity contribution in [3.8, 4) is 0 Å². The fraction of sp³-hybridized carbons (Fsp3) is 0.923. The van der Waals surface area contributed by atoms with Gasteiger partial charge in [0, 0.05) is 12.8 Å². The lowest BCUT2D eigenvalue weighted by Crippen LogP contribution is -2.38. The van der Waals surface area contributed by atoms with E-state index >= 15 is 0 Å². The van der Waals surface area contributed by atoms with E-state index in [1.807, 2.05) is 0 Å². The van der Waals surface area contributed by atoms with E-state index in [4.69, 9.17) is 4.74 Å². The van der Waals surface area contributed by atoms with Crippen LogP contribution in [0.5, 0.6) is 0 Å². The average Bonchev–Trinajstić information content (AvgIpc) is 2.14. The Kier molecular flexibility index (Phi) is 4.18. The molecular weight excluding hydrogens is 188 g/mol. The molecule has 0 bridgehead atoms. The lowest BCUT2D eigenvalue weighted by atomic mass is 9.63. The van der Waals surface area contributed by atoms with Gasteiger partial charge in [0.2, 0.25) is 0 Å². The van der Waals surface area contributed by atoms with Gasteiger partial charge in [-0.3, -0.25) is 4.79 Å². The van der Waals surface area contributed by atoms with Crippen LogP contribution in [-0.4, -0.2) is 12.6 Å². The monoisotopic (exact) mass is 212 g/mol. The largest absolute Gasteiger partial charge is 0.466 e. The number of esters is 1. The van der Waals surface area contributed by atoms with Gasteiger partial charge in [0.05, 0.1) is 6.61 Å². The van der Waals surface area contributed by atoms with Gasteiger partial charge in [-0.25, -0.2) is 0 Å². The fourth-order valence-corrected chi connectivity index (χ4v) is 2.90. The molecule has 1 rings (SSSR count). The number of hydrogen-bond acceptors (Lipinski definition) is 2. The predicted molar refractivity (Wildman–Crippen MR) is 61.5 cm³/mol. The van der Waals surface area contributed by atoms with Crippen LogP contribution in [0.2, 0.25) is 0 Å². The summed E-state index contributed by atoms with van der Waals surface area (Å²) in [5, 5.41) is 0. The molecule has 88 valence electrons. The summed E-state index contributed by atoms with van der Waals surface area (Å²) in [4.78, 5) is 10.9. The third-order valence-corrected chi connectivity index (χ3v) is 3.96. The Hall–Kier alpha value is -0.530. The summed E-state index contributed by atoms with van der Waals surface area (Å²) >= 11 is 0. The lowest BCUT2D eigenvalue weighted by Gasteiger charge is -2.43. The maximum atomic E-state index is 10.9. The zero-order valence-electron chi connectivity index (χ0n) is 10.5. The summed E-state index contributed by atoms with van der Waals surface area (Å²) in [6.07, 6.45) is 5.08. The van der Waals surface area contributed by atoms with Gasteiger partial charge in [0.15, 0.2) is 0 Å². The van der Waals surface area contributed by atoms with Crippen molar-refractivity contribution in [2.45, 2.75) is 53.4 Å². The van der Waals surface area contributed by atoms with Crippen LogP contribution in [0.3, 0.4) is 0 Å². The number of carbonyl (C=O) groups excluding carboxylic acids is 1. The molecule has 0 heterocycles. The smallest absolute Gasteiger partial charge is 0.302 e. The number of rotatable bonds is 3. The highest BCUT2D eigenvalue weighted by molar-refractivity contribution is 5.65. The molecular formula is C13H24O2. The third-order valence-electron chi connectivity index (χ3n) is 3.96. The first-order chi connectivity index (χ1) is 6.97. The molecule has 1 aliphatic rings. The van der Waals surface area contributed by atoms with Crippen LogP contribution in [0.4, 0.5) is 0 Å². The third kappa shape index (κ3) is 3.22. The molecule has 0 aromatic carbocycles. The summed E-state index contributed by atoms with van der Waals surface area (Å²) in [6, 6.07) is 0. The molecule has 15 heavy (non-hydrogen) atoms. The van der Waals surface area contributed by atoms with E-state index in [9.17, 15) is 4.79 Å². The molecule has 0 radical (unpaired) electrons. The molecule has 1 aliphatic carbocycles. The predicted octanol–water partition coefficient (Wildman–Crippen LogP) is 3.40. The first-order valence-electron chi connectivity index (χ1n) is 6.10. The Morgan fingerprint density at radius 3 is 2.67 bits per heavy atom. The van der Waals surface area contributed by atoms with Crippen molar-refractivity contribution in [3.05, 3.63) is 0 Å². The second-order valence-corrected chi connectivity index (χ2v) is 5.46. The first-order valence-corrected chi connectivity index (χ1v) is 6.10.